The summed E-state index contributed by atoms with van der Waals surface area (Å²) in [5.74, 6) is -2.65. The first-order valence-corrected chi connectivity index (χ1v) is 13.0. The fourth-order valence-corrected chi connectivity index (χ4v) is 6.33. The zero-order chi connectivity index (χ0) is 27.0. The molecule has 2 amide bonds. The van der Waals surface area contributed by atoms with Crippen molar-refractivity contribution in [3.8, 4) is 6.07 Å². The van der Waals surface area contributed by atoms with E-state index in [-0.39, 0.29) is 47.4 Å². The number of hydrogen-bond acceptors (Lipinski definition) is 6. The first-order valence-electron chi connectivity index (χ1n) is 11.5. The number of nitrogens with one attached hydrogen (secondary N) is 1. The summed E-state index contributed by atoms with van der Waals surface area (Å²) in [4.78, 5) is 30.4. The molecule has 1 aromatic heterocycles. The van der Waals surface area contributed by atoms with Crippen LogP contribution in [0.5, 0.6) is 0 Å². The Balaban J connectivity index is 1.44. The van der Waals surface area contributed by atoms with E-state index in [4.69, 9.17) is 5.26 Å². The standard InChI is InChI=1S/C24H22F4N4O4S/c25-19-10-21(24(26,27)28)30-12-16(19)13-31-22(33)20-5-2-6-32(20)23(34)15-3-1-4-17(9-15)37(35,36)18-7-14(8-18)11-29/h1,3-4,9-10,12,14,18,20H,2,5-8,13H2,(H,31,33)/t14?,18?,20-/m1/s1. The molecule has 0 spiro atoms. The molecule has 1 aliphatic carbocycles. The van der Waals surface area contributed by atoms with Gasteiger partial charge in [-0.2, -0.15) is 18.4 Å². The van der Waals surface area contributed by atoms with E-state index in [9.17, 15) is 35.6 Å². The Morgan fingerprint density at radius 3 is 2.59 bits per heavy atom. The molecule has 1 aromatic carbocycles. The third kappa shape index (κ3) is 5.44. The molecule has 13 heteroatoms. The number of sulfone groups is 1. The zero-order valence-corrected chi connectivity index (χ0v) is 20.2. The molecule has 1 saturated heterocycles. The SMILES string of the molecule is N#CC1CC(S(=O)(=O)c2cccc(C(=O)N3CCC[C@@H]3C(=O)NCc3cnc(C(F)(F)F)cc3F)c2)C1. The number of halogens is 4. The molecule has 1 aliphatic heterocycles. The first-order chi connectivity index (χ1) is 17.4. The Labute approximate surface area is 210 Å². The van der Waals surface area contributed by atoms with E-state index in [1.807, 2.05) is 6.07 Å². The van der Waals surface area contributed by atoms with Gasteiger partial charge in [-0.3, -0.25) is 14.6 Å². The van der Waals surface area contributed by atoms with Crippen molar-refractivity contribution >= 4 is 21.7 Å². The maximum absolute atomic E-state index is 14.1. The van der Waals surface area contributed by atoms with E-state index in [0.29, 0.717) is 19.0 Å². The molecule has 2 aromatic rings. The van der Waals surface area contributed by atoms with Gasteiger partial charge >= 0.3 is 6.18 Å². The first kappa shape index (κ1) is 26.5. The monoisotopic (exact) mass is 538 g/mol. The number of nitriles is 1. The summed E-state index contributed by atoms with van der Waals surface area (Å²) in [6.07, 6.45) is -2.83. The third-order valence-electron chi connectivity index (χ3n) is 6.62. The molecule has 196 valence electrons. The lowest BCUT2D eigenvalue weighted by Gasteiger charge is -2.30. The Kier molecular flexibility index (Phi) is 7.23. The molecule has 1 saturated carbocycles. The zero-order valence-electron chi connectivity index (χ0n) is 19.3. The molecule has 1 atom stereocenters. The van der Waals surface area contributed by atoms with Gasteiger partial charge in [0.1, 0.15) is 17.6 Å². The summed E-state index contributed by atoms with van der Waals surface area (Å²) in [6.45, 7) is -0.191. The Morgan fingerprint density at radius 1 is 1.22 bits per heavy atom. The van der Waals surface area contributed by atoms with Crippen molar-refractivity contribution in [1.29, 1.82) is 5.26 Å². The number of carbonyl (C=O) groups excluding carboxylic acids is 2. The van der Waals surface area contributed by atoms with E-state index in [2.05, 4.69) is 10.3 Å². The maximum atomic E-state index is 14.1. The van der Waals surface area contributed by atoms with Crippen molar-refractivity contribution in [3.63, 3.8) is 0 Å². The van der Waals surface area contributed by atoms with Crippen molar-refractivity contribution in [2.75, 3.05) is 6.54 Å². The number of alkyl halides is 3. The van der Waals surface area contributed by atoms with Crippen LogP contribution in [0.15, 0.2) is 41.4 Å². The predicted octanol–water partition coefficient (Wildman–Crippen LogP) is 3.24. The lowest BCUT2D eigenvalue weighted by Crippen LogP contribution is -2.45. The average Bonchev–Trinajstić information content (AvgIpc) is 3.31. The molecule has 37 heavy (non-hydrogen) atoms. The maximum Gasteiger partial charge on any atom is 0.433 e. The summed E-state index contributed by atoms with van der Waals surface area (Å²) in [6, 6.07) is 6.89. The second-order valence-corrected chi connectivity index (χ2v) is 11.3. The van der Waals surface area contributed by atoms with Gasteiger partial charge in [-0.15, -0.1) is 0 Å². The van der Waals surface area contributed by atoms with Gasteiger partial charge in [0.2, 0.25) is 5.91 Å². The number of hydrogen-bond donors (Lipinski definition) is 1. The second-order valence-electron chi connectivity index (χ2n) is 9.03. The molecule has 0 radical (unpaired) electrons. The molecule has 2 heterocycles. The van der Waals surface area contributed by atoms with Gasteiger partial charge in [-0.1, -0.05) is 6.07 Å². The Bertz CT molecular complexity index is 1370. The van der Waals surface area contributed by atoms with Crippen LogP contribution in [0.1, 0.15) is 47.3 Å². The predicted molar refractivity (Wildman–Crippen MR) is 121 cm³/mol. The normalized spacial score (nSPS) is 21.7. The molecule has 8 nitrogen and oxygen atoms in total. The summed E-state index contributed by atoms with van der Waals surface area (Å²) in [7, 11) is -3.72. The second kappa shape index (κ2) is 10.1. The molecule has 1 N–H and O–H groups in total. The lowest BCUT2D eigenvalue weighted by molar-refractivity contribution is -0.141. The third-order valence-corrected chi connectivity index (χ3v) is 8.79. The summed E-state index contributed by atoms with van der Waals surface area (Å²) < 4.78 is 77.8. The Morgan fingerprint density at radius 2 is 1.95 bits per heavy atom. The number of likely N-dealkylation sites (tertiary alicyclic amines) is 1. The van der Waals surface area contributed by atoms with Gasteiger partial charge < -0.3 is 10.2 Å². The average molecular weight is 539 g/mol. The number of nitrogens with zero attached hydrogens (tertiary/aromatic N) is 3. The molecule has 2 aliphatic rings. The highest BCUT2D eigenvalue weighted by molar-refractivity contribution is 7.92. The minimum absolute atomic E-state index is 0.0368. The summed E-state index contributed by atoms with van der Waals surface area (Å²) >= 11 is 0. The largest absolute Gasteiger partial charge is 0.433 e. The topological polar surface area (TPSA) is 120 Å². The minimum Gasteiger partial charge on any atom is -0.350 e. The van der Waals surface area contributed by atoms with E-state index in [1.165, 1.54) is 29.2 Å². The fraction of sp³-hybridized carbons (Fsp3) is 0.417. The summed E-state index contributed by atoms with van der Waals surface area (Å²) in [5.41, 5.74) is -1.56. The van der Waals surface area contributed by atoms with E-state index >= 15 is 0 Å². The lowest BCUT2D eigenvalue weighted by atomic mass is 9.86. The van der Waals surface area contributed by atoms with Crippen molar-refractivity contribution in [2.45, 2.75) is 54.6 Å². The molecule has 2 fully saturated rings. The molecular formula is C24H22F4N4O4S. The van der Waals surface area contributed by atoms with Crippen LogP contribution >= 0.6 is 0 Å². The van der Waals surface area contributed by atoms with Gasteiger partial charge in [0.15, 0.2) is 9.84 Å². The number of pyridine rings is 1. The highest BCUT2D eigenvalue weighted by Crippen LogP contribution is 2.36. The van der Waals surface area contributed by atoms with Gasteiger partial charge in [0, 0.05) is 42.4 Å². The van der Waals surface area contributed by atoms with Crippen LogP contribution in [0.3, 0.4) is 0 Å². The van der Waals surface area contributed by atoms with Gasteiger partial charge in [0.05, 0.1) is 16.2 Å². The van der Waals surface area contributed by atoms with Gasteiger partial charge in [-0.05, 0) is 43.9 Å². The van der Waals surface area contributed by atoms with Crippen LogP contribution in [0.4, 0.5) is 17.6 Å². The molecular weight excluding hydrogens is 516 g/mol. The number of carbonyl (C=O) groups is 2. The van der Waals surface area contributed by atoms with Crippen molar-refractivity contribution in [3.05, 3.63) is 59.2 Å². The van der Waals surface area contributed by atoms with Gasteiger partial charge in [0.25, 0.3) is 5.91 Å². The number of rotatable bonds is 6. The van der Waals surface area contributed by atoms with E-state index in [1.54, 1.807) is 0 Å². The number of aromatic nitrogens is 1. The van der Waals surface area contributed by atoms with Crippen molar-refractivity contribution in [1.82, 2.24) is 15.2 Å². The highest BCUT2D eigenvalue weighted by Gasteiger charge is 2.40. The van der Waals surface area contributed by atoms with Crippen LogP contribution in [-0.2, 0) is 27.4 Å². The van der Waals surface area contributed by atoms with Crippen LogP contribution in [0, 0.1) is 23.1 Å². The quantitative estimate of drug-likeness (QED) is 0.564. The summed E-state index contributed by atoms with van der Waals surface area (Å²) in [5, 5.41) is 10.7. The van der Waals surface area contributed by atoms with E-state index in [0.717, 1.165) is 0 Å². The van der Waals surface area contributed by atoms with Crippen LogP contribution < -0.4 is 5.32 Å². The van der Waals surface area contributed by atoms with Gasteiger partial charge in [-0.25, -0.2) is 12.8 Å². The van der Waals surface area contributed by atoms with Crippen molar-refractivity contribution < 1.29 is 35.6 Å². The van der Waals surface area contributed by atoms with Crippen LogP contribution in [0.25, 0.3) is 0 Å². The van der Waals surface area contributed by atoms with Crippen LogP contribution in [0.2, 0.25) is 0 Å². The molecule has 0 bridgehead atoms. The highest BCUT2D eigenvalue weighted by atomic mass is 32.2. The van der Waals surface area contributed by atoms with E-state index < -0.39 is 57.2 Å². The van der Waals surface area contributed by atoms with Crippen LogP contribution in [-0.4, -0.2) is 48.0 Å². The smallest absolute Gasteiger partial charge is 0.350 e. The fourth-order valence-electron chi connectivity index (χ4n) is 4.42. The number of benzene rings is 1. The number of amides is 2. The van der Waals surface area contributed by atoms with Crippen molar-refractivity contribution in [2.24, 2.45) is 5.92 Å². The minimum atomic E-state index is -4.80. The molecule has 4 rings (SSSR count). The molecule has 0 unspecified atom stereocenters. The Hall–Kier alpha value is -3.53.